The Bertz CT molecular complexity index is 779. The standard InChI is InChI=1S/C15H11Br3N2O3/c1-23-13-3-2-9(16)5-11(13)15(22)20-19-7-8-4-10(17)6-12(18)14(8)21/h2-7,21H,1H3,(H,20,22)/b19-7+. The van der Waals surface area contributed by atoms with E-state index < -0.39 is 5.91 Å². The maximum atomic E-state index is 12.2. The van der Waals surface area contributed by atoms with Gasteiger partial charge in [0.25, 0.3) is 5.91 Å². The molecule has 0 aliphatic heterocycles. The number of carbonyl (C=O) groups excluding carboxylic acids is 1. The highest BCUT2D eigenvalue weighted by molar-refractivity contribution is 9.11. The molecule has 0 saturated heterocycles. The van der Waals surface area contributed by atoms with Crippen molar-refractivity contribution >= 4 is 59.9 Å². The van der Waals surface area contributed by atoms with Gasteiger partial charge in [0.15, 0.2) is 0 Å². The number of hydrogen-bond donors (Lipinski definition) is 2. The van der Waals surface area contributed by atoms with Crippen LogP contribution in [0, 0.1) is 0 Å². The van der Waals surface area contributed by atoms with Crippen molar-refractivity contribution in [3.63, 3.8) is 0 Å². The lowest BCUT2D eigenvalue weighted by molar-refractivity contribution is 0.0952. The monoisotopic (exact) mass is 504 g/mol. The van der Waals surface area contributed by atoms with E-state index in [9.17, 15) is 9.90 Å². The SMILES string of the molecule is COc1ccc(Br)cc1C(=O)N/N=C/c1cc(Br)cc(Br)c1O. The molecule has 0 heterocycles. The first-order chi connectivity index (χ1) is 10.9. The average molecular weight is 507 g/mol. The molecule has 2 N–H and O–H groups in total. The number of hydrazone groups is 1. The Balaban J connectivity index is 2.18. The highest BCUT2D eigenvalue weighted by Gasteiger charge is 2.12. The molecule has 1 amide bonds. The summed E-state index contributed by atoms with van der Waals surface area (Å²) in [6.45, 7) is 0. The second kappa shape index (κ2) is 7.94. The van der Waals surface area contributed by atoms with Gasteiger partial charge in [-0.15, -0.1) is 0 Å². The van der Waals surface area contributed by atoms with Gasteiger partial charge < -0.3 is 9.84 Å². The van der Waals surface area contributed by atoms with Crippen molar-refractivity contribution in [2.75, 3.05) is 7.11 Å². The lowest BCUT2D eigenvalue weighted by Crippen LogP contribution is -2.18. The summed E-state index contributed by atoms with van der Waals surface area (Å²) in [7, 11) is 1.49. The van der Waals surface area contributed by atoms with E-state index in [0.717, 1.165) is 8.95 Å². The normalized spacial score (nSPS) is 10.8. The topological polar surface area (TPSA) is 70.9 Å². The number of hydrogen-bond acceptors (Lipinski definition) is 4. The maximum Gasteiger partial charge on any atom is 0.275 e. The first kappa shape index (κ1) is 18.0. The van der Waals surface area contributed by atoms with Crippen LogP contribution in [0.25, 0.3) is 0 Å². The van der Waals surface area contributed by atoms with E-state index in [1.54, 1.807) is 30.3 Å². The quantitative estimate of drug-likeness (QED) is 0.475. The third kappa shape index (κ3) is 4.55. The van der Waals surface area contributed by atoms with Crippen LogP contribution in [-0.4, -0.2) is 24.3 Å². The number of phenolic OH excluding ortho intramolecular Hbond substituents is 1. The van der Waals surface area contributed by atoms with Gasteiger partial charge in [0.1, 0.15) is 11.5 Å². The molecule has 0 aromatic heterocycles. The summed E-state index contributed by atoms with van der Waals surface area (Å²) in [6.07, 6.45) is 1.35. The zero-order valence-corrected chi connectivity index (χ0v) is 16.6. The third-order valence-electron chi connectivity index (χ3n) is 2.83. The van der Waals surface area contributed by atoms with Gasteiger partial charge in [0.05, 0.1) is 23.4 Å². The minimum atomic E-state index is -0.423. The molecule has 23 heavy (non-hydrogen) atoms. The van der Waals surface area contributed by atoms with Crippen molar-refractivity contribution in [3.05, 3.63) is 54.9 Å². The first-order valence-electron chi connectivity index (χ1n) is 6.27. The third-order valence-corrected chi connectivity index (χ3v) is 4.39. The minimum absolute atomic E-state index is 0.0336. The van der Waals surface area contributed by atoms with Gasteiger partial charge in [-0.05, 0) is 46.3 Å². The fourth-order valence-electron chi connectivity index (χ4n) is 1.76. The fourth-order valence-corrected chi connectivity index (χ4v) is 3.38. The largest absolute Gasteiger partial charge is 0.506 e. The molecule has 2 aromatic rings. The second-order valence-electron chi connectivity index (χ2n) is 4.37. The number of phenols is 1. The lowest BCUT2D eigenvalue weighted by Gasteiger charge is -2.07. The number of methoxy groups -OCH3 is 1. The average Bonchev–Trinajstić information content (AvgIpc) is 2.51. The van der Waals surface area contributed by atoms with Crippen LogP contribution in [0.4, 0.5) is 0 Å². The molecule has 0 radical (unpaired) electrons. The van der Waals surface area contributed by atoms with Crippen molar-refractivity contribution in [2.24, 2.45) is 5.10 Å². The number of nitrogens with zero attached hydrogens (tertiary/aromatic N) is 1. The van der Waals surface area contributed by atoms with Crippen molar-refractivity contribution in [2.45, 2.75) is 0 Å². The Morgan fingerprint density at radius 2 is 1.96 bits per heavy atom. The Hall–Kier alpha value is -1.38. The van der Waals surface area contributed by atoms with Crippen LogP contribution in [0.2, 0.25) is 0 Å². The number of aromatic hydroxyl groups is 1. The molecule has 0 aliphatic carbocycles. The Labute approximate surface area is 158 Å². The van der Waals surface area contributed by atoms with E-state index in [2.05, 4.69) is 58.3 Å². The first-order valence-corrected chi connectivity index (χ1v) is 8.65. The fraction of sp³-hybridized carbons (Fsp3) is 0.0667. The van der Waals surface area contributed by atoms with Crippen molar-refractivity contribution in [3.8, 4) is 11.5 Å². The highest BCUT2D eigenvalue weighted by atomic mass is 79.9. The van der Waals surface area contributed by atoms with Crippen LogP contribution in [0.1, 0.15) is 15.9 Å². The minimum Gasteiger partial charge on any atom is -0.506 e. The molecule has 0 spiro atoms. The summed E-state index contributed by atoms with van der Waals surface area (Å²) in [4.78, 5) is 12.2. The molecule has 120 valence electrons. The molecule has 2 aromatic carbocycles. The smallest absolute Gasteiger partial charge is 0.275 e. The molecule has 8 heteroatoms. The summed E-state index contributed by atoms with van der Waals surface area (Å²) >= 11 is 9.86. The van der Waals surface area contributed by atoms with Crippen LogP contribution in [-0.2, 0) is 0 Å². The molecule has 0 bridgehead atoms. The number of halogens is 3. The molecule has 0 fully saturated rings. The van der Waals surface area contributed by atoms with Gasteiger partial charge in [-0.3, -0.25) is 4.79 Å². The molecule has 0 unspecified atom stereocenters. The predicted octanol–water partition coefficient (Wildman–Crippen LogP) is 4.45. The number of nitrogens with one attached hydrogen (secondary N) is 1. The van der Waals surface area contributed by atoms with Crippen LogP contribution in [0.3, 0.4) is 0 Å². The van der Waals surface area contributed by atoms with Crippen molar-refractivity contribution in [1.29, 1.82) is 0 Å². The van der Waals surface area contributed by atoms with E-state index in [1.165, 1.54) is 13.3 Å². The van der Waals surface area contributed by atoms with Gasteiger partial charge >= 0.3 is 0 Å². The van der Waals surface area contributed by atoms with Crippen LogP contribution < -0.4 is 10.2 Å². The number of ether oxygens (including phenoxy) is 1. The Morgan fingerprint density at radius 1 is 1.22 bits per heavy atom. The summed E-state index contributed by atoms with van der Waals surface area (Å²) in [5.74, 6) is 0.0492. The van der Waals surface area contributed by atoms with E-state index in [4.69, 9.17) is 4.74 Å². The summed E-state index contributed by atoms with van der Waals surface area (Å²) in [6, 6.07) is 8.47. The van der Waals surface area contributed by atoms with E-state index >= 15 is 0 Å². The Morgan fingerprint density at radius 3 is 2.65 bits per heavy atom. The van der Waals surface area contributed by atoms with Crippen molar-refractivity contribution in [1.82, 2.24) is 5.43 Å². The summed E-state index contributed by atoms with van der Waals surface area (Å²) in [5.41, 5.74) is 3.20. The van der Waals surface area contributed by atoms with Gasteiger partial charge in [0, 0.05) is 14.5 Å². The molecular formula is C15H11Br3N2O3. The van der Waals surface area contributed by atoms with E-state index in [-0.39, 0.29) is 5.75 Å². The van der Waals surface area contributed by atoms with Gasteiger partial charge in [0.2, 0.25) is 0 Å². The van der Waals surface area contributed by atoms with Gasteiger partial charge in [-0.1, -0.05) is 31.9 Å². The number of benzene rings is 2. The summed E-state index contributed by atoms with van der Waals surface area (Å²) < 4.78 is 7.19. The molecular weight excluding hydrogens is 496 g/mol. The number of rotatable bonds is 4. The summed E-state index contributed by atoms with van der Waals surface area (Å²) in [5, 5.41) is 13.8. The molecule has 0 atom stereocenters. The highest BCUT2D eigenvalue weighted by Crippen LogP contribution is 2.30. The molecule has 5 nitrogen and oxygen atoms in total. The lowest BCUT2D eigenvalue weighted by atomic mass is 10.2. The van der Waals surface area contributed by atoms with Crippen molar-refractivity contribution < 1.29 is 14.6 Å². The molecule has 2 rings (SSSR count). The van der Waals surface area contributed by atoms with E-state index in [1.807, 2.05) is 0 Å². The van der Waals surface area contributed by atoms with Gasteiger partial charge in [-0.25, -0.2) is 5.43 Å². The number of amides is 1. The maximum absolute atomic E-state index is 12.2. The Kier molecular flexibility index (Phi) is 6.20. The zero-order valence-electron chi connectivity index (χ0n) is 11.8. The second-order valence-corrected chi connectivity index (χ2v) is 7.05. The number of carbonyl (C=O) groups is 1. The molecule has 0 aliphatic rings. The van der Waals surface area contributed by atoms with Gasteiger partial charge in [-0.2, -0.15) is 5.10 Å². The van der Waals surface area contributed by atoms with Crippen LogP contribution >= 0.6 is 47.8 Å². The zero-order chi connectivity index (χ0) is 17.0. The van der Waals surface area contributed by atoms with E-state index in [0.29, 0.717) is 21.3 Å². The molecule has 0 saturated carbocycles. The van der Waals surface area contributed by atoms with Crippen LogP contribution in [0.5, 0.6) is 11.5 Å². The van der Waals surface area contributed by atoms with Crippen LogP contribution in [0.15, 0.2) is 48.9 Å². The predicted molar refractivity (Wildman–Crippen MR) is 99.3 cm³/mol.